The van der Waals surface area contributed by atoms with Gasteiger partial charge in [-0.05, 0) is 44.0 Å². The van der Waals surface area contributed by atoms with Crippen LogP contribution >= 0.6 is 12.4 Å². The zero-order valence-corrected chi connectivity index (χ0v) is 12.8. The minimum atomic E-state index is -0.333. The van der Waals surface area contributed by atoms with Gasteiger partial charge in [-0.15, -0.1) is 12.4 Å². The van der Waals surface area contributed by atoms with E-state index < -0.39 is 0 Å². The second-order valence-corrected chi connectivity index (χ2v) is 5.63. The van der Waals surface area contributed by atoms with Crippen molar-refractivity contribution in [2.45, 2.75) is 26.3 Å². The summed E-state index contributed by atoms with van der Waals surface area (Å²) >= 11 is 0. The summed E-state index contributed by atoms with van der Waals surface area (Å²) in [5.74, 6) is -0.132. The summed E-state index contributed by atoms with van der Waals surface area (Å²) in [6.45, 7) is 4.16. The van der Waals surface area contributed by atoms with Gasteiger partial charge in [-0.2, -0.15) is 0 Å². The zero-order chi connectivity index (χ0) is 13.9. The summed E-state index contributed by atoms with van der Waals surface area (Å²) in [6.07, 6.45) is 1.93. The summed E-state index contributed by atoms with van der Waals surface area (Å²) in [6, 6.07) is 6.41. The van der Waals surface area contributed by atoms with Gasteiger partial charge in [-0.1, -0.05) is 12.1 Å². The van der Waals surface area contributed by atoms with Crippen molar-refractivity contribution in [1.29, 1.82) is 0 Å². The molecule has 1 aliphatic rings. The fourth-order valence-corrected chi connectivity index (χ4v) is 2.68. The molecule has 0 aliphatic carbocycles. The molecular weight excluding hydrogens is 279 g/mol. The summed E-state index contributed by atoms with van der Waals surface area (Å²) in [5.41, 5.74) is 0.489. The number of benzene rings is 1. The molecule has 2 rings (SSSR count). The number of hydrogen-bond acceptors (Lipinski definition) is 2. The van der Waals surface area contributed by atoms with Gasteiger partial charge in [-0.25, -0.2) is 4.39 Å². The minimum absolute atomic E-state index is 0. The smallest absolute Gasteiger partial charge is 0.229 e. The van der Waals surface area contributed by atoms with Crippen molar-refractivity contribution >= 4 is 18.3 Å². The largest absolute Gasteiger partial charge is 0.341 e. The molecule has 0 saturated carbocycles. The van der Waals surface area contributed by atoms with Gasteiger partial charge >= 0.3 is 0 Å². The molecule has 20 heavy (non-hydrogen) atoms. The van der Waals surface area contributed by atoms with Crippen LogP contribution in [0.4, 0.5) is 4.39 Å². The third kappa shape index (κ3) is 3.93. The SMILES string of the molecule is CN(Cc1cccc(F)c1)C(=O)C1(C)CCCNC1.Cl. The van der Waals surface area contributed by atoms with Crippen molar-refractivity contribution in [2.75, 3.05) is 20.1 Å². The fraction of sp³-hybridized carbons (Fsp3) is 0.533. The lowest BCUT2D eigenvalue weighted by Crippen LogP contribution is -2.48. The Kier molecular flexibility index (Phi) is 5.96. The van der Waals surface area contributed by atoms with Crippen molar-refractivity contribution in [3.63, 3.8) is 0 Å². The molecule has 1 amide bonds. The Morgan fingerprint density at radius 2 is 2.25 bits per heavy atom. The molecule has 1 aromatic carbocycles. The molecule has 1 heterocycles. The van der Waals surface area contributed by atoms with E-state index in [9.17, 15) is 9.18 Å². The number of rotatable bonds is 3. The van der Waals surface area contributed by atoms with Crippen molar-refractivity contribution in [3.05, 3.63) is 35.6 Å². The Bertz CT molecular complexity index is 461. The van der Waals surface area contributed by atoms with Gasteiger partial charge in [0, 0.05) is 20.1 Å². The lowest BCUT2D eigenvalue weighted by molar-refractivity contribution is -0.141. The molecule has 1 aromatic rings. The molecule has 1 atom stereocenters. The molecule has 0 spiro atoms. The summed E-state index contributed by atoms with van der Waals surface area (Å²) in [4.78, 5) is 14.2. The number of carbonyl (C=O) groups is 1. The number of hydrogen-bond donors (Lipinski definition) is 1. The molecule has 0 radical (unpaired) electrons. The number of nitrogens with zero attached hydrogens (tertiary/aromatic N) is 1. The van der Waals surface area contributed by atoms with E-state index in [-0.39, 0.29) is 29.5 Å². The molecule has 1 fully saturated rings. The number of nitrogens with one attached hydrogen (secondary N) is 1. The van der Waals surface area contributed by atoms with Gasteiger partial charge in [0.15, 0.2) is 0 Å². The predicted octanol–water partition coefficient (Wildman–Crippen LogP) is 2.60. The van der Waals surface area contributed by atoms with E-state index in [2.05, 4.69) is 5.32 Å². The van der Waals surface area contributed by atoms with Crippen LogP contribution in [0.5, 0.6) is 0 Å². The van der Waals surface area contributed by atoms with Crippen LogP contribution in [0.15, 0.2) is 24.3 Å². The Morgan fingerprint density at radius 1 is 1.50 bits per heavy atom. The zero-order valence-electron chi connectivity index (χ0n) is 12.0. The van der Waals surface area contributed by atoms with Crippen molar-refractivity contribution < 1.29 is 9.18 Å². The van der Waals surface area contributed by atoms with E-state index in [0.29, 0.717) is 6.54 Å². The molecule has 1 aliphatic heterocycles. The number of amides is 1. The van der Waals surface area contributed by atoms with Gasteiger partial charge in [0.25, 0.3) is 0 Å². The highest BCUT2D eigenvalue weighted by Gasteiger charge is 2.36. The van der Waals surface area contributed by atoms with Crippen molar-refractivity contribution in [2.24, 2.45) is 5.41 Å². The first-order chi connectivity index (χ1) is 9.01. The number of piperidine rings is 1. The predicted molar refractivity (Wildman–Crippen MR) is 80.3 cm³/mol. The maximum absolute atomic E-state index is 13.1. The van der Waals surface area contributed by atoms with Crippen LogP contribution in [-0.2, 0) is 11.3 Å². The van der Waals surface area contributed by atoms with E-state index in [0.717, 1.165) is 31.5 Å². The van der Waals surface area contributed by atoms with Crippen molar-refractivity contribution in [3.8, 4) is 0 Å². The minimum Gasteiger partial charge on any atom is -0.341 e. The van der Waals surface area contributed by atoms with Crippen LogP contribution in [0, 0.1) is 11.2 Å². The normalized spacial score (nSPS) is 21.9. The maximum Gasteiger partial charge on any atom is 0.229 e. The monoisotopic (exact) mass is 300 g/mol. The van der Waals surface area contributed by atoms with Crippen LogP contribution in [0.2, 0.25) is 0 Å². The van der Waals surface area contributed by atoms with Crippen LogP contribution in [-0.4, -0.2) is 30.9 Å². The van der Waals surface area contributed by atoms with Gasteiger partial charge in [0.05, 0.1) is 5.41 Å². The third-order valence-electron chi connectivity index (χ3n) is 3.77. The average Bonchev–Trinajstić information content (AvgIpc) is 2.38. The second kappa shape index (κ2) is 7.04. The molecule has 1 N–H and O–H groups in total. The lowest BCUT2D eigenvalue weighted by atomic mass is 9.81. The molecule has 3 nitrogen and oxygen atoms in total. The van der Waals surface area contributed by atoms with Gasteiger partial charge < -0.3 is 10.2 Å². The Morgan fingerprint density at radius 3 is 2.85 bits per heavy atom. The quantitative estimate of drug-likeness (QED) is 0.930. The summed E-state index contributed by atoms with van der Waals surface area (Å²) in [5, 5.41) is 3.28. The lowest BCUT2D eigenvalue weighted by Gasteiger charge is -2.36. The van der Waals surface area contributed by atoms with Crippen LogP contribution < -0.4 is 5.32 Å². The highest BCUT2D eigenvalue weighted by molar-refractivity contribution is 5.85. The molecule has 112 valence electrons. The van der Waals surface area contributed by atoms with E-state index in [1.165, 1.54) is 12.1 Å². The summed E-state index contributed by atoms with van der Waals surface area (Å²) < 4.78 is 13.1. The first-order valence-electron chi connectivity index (χ1n) is 6.72. The van der Waals surface area contributed by atoms with E-state index in [4.69, 9.17) is 0 Å². The number of halogens is 2. The summed E-state index contributed by atoms with van der Waals surface area (Å²) in [7, 11) is 1.78. The molecule has 0 bridgehead atoms. The van der Waals surface area contributed by atoms with Crippen LogP contribution in [0.1, 0.15) is 25.3 Å². The fourth-order valence-electron chi connectivity index (χ4n) is 2.68. The molecule has 5 heteroatoms. The van der Waals surface area contributed by atoms with Gasteiger partial charge in [0.2, 0.25) is 5.91 Å². The first kappa shape index (κ1) is 16.9. The van der Waals surface area contributed by atoms with Gasteiger partial charge in [-0.3, -0.25) is 4.79 Å². The molecule has 1 saturated heterocycles. The highest BCUT2D eigenvalue weighted by Crippen LogP contribution is 2.28. The first-order valence-corrected chi connectivity index (χ1v) is 6.72. The van der Waals surface area contributed by atoms with E-state index >= 15 is 0 Å². The third-order valence-corrected chi connectivity index (χ3v) is 3.77. The Labute approximate surface area is 125 Å². The molecule has 1 unspecified atom stereocenters. The van der Waals surface area contributed by atoms with Crippen molar-refractivity contribution in [1.82, 2.24) is 10.2 Å². The van der Waals surface area contributed by atoms with Crippen LogP contribution in [0.25, 0.3) is 0 Å². The molecule has 0 aromatic heterocycles. The maximum atomic E-state index is 13.1. The average molecular weight is 301 g/mol. The van der Waals surface area contributed by atoms with E-state index in [1.807, 2.05) is 13.0 Å². The standard InChI is InChI=1S/C15H21FN2O.ClH/c1-15(7-4-8-17-11-15)14(19)18(2)10-12-5-3-6-13(16)9-12;/h3,5-6,9,17H,4,7-8,10-11H2,1-2H3;1H. The molecular formula is C15H22ClFN2O. The van der Waals surface area contributed by atoms with E-state index in [1.54, 1.807) is 18.0 Å². The van der Waals surface area contributed by atoms with Crippen LogP contribution in [0.3, 0.4) is 0 Å². The highest BCUT2D eigenvalue weighted by atomic mass is 35.5. The topological polar surface area (TPSA) is 32.3 Å². The Hall–Kier alpha value is -1.13. The number of carbonyl (C=O) groups excluding carboxylic acids is 1. The van der Waals surface area contributed by atoms with Gasteiger partial charge in [0.1, 0.15) is 5.82 Å². The Balaban J connectivity index is 0.00000200. The second-order valence-electron chi connectivity index (χ2n) is 5.63.